The number of hydrogen-bond acceptors (Lipinski definition) is 8. The minimum atomic E-state index is -0.740. The smallest absolute Gasteiger partial charge is 0.261 e. The third kappa shape index (κ3) is 5.76. The Morgan fingerprint density at radius 2 is 1.68 bits per heavy atom. The minimum Gasteiger partial charge on any atom is -0.497 e. The number of aromatic nitrogens is 3. The highest BCUT2D eigenvalue weighted by Crippen LogP contribution is 2.35. The van der Waals surface area contributed by atoms with E-state index in [4.69, 9.17) is 18.9 Å². The Kier molecular flexibility index (Phi) is 8.48. The lowest BCUT2D eigenvalue weighted by Crippen LogP contribution is -2.26. The van der Waals surface area contributed by atoms with Crippen LogP contribution in [-0.2, 0) is 0 Å². The van der Waals surface area contributed by atoms with Crippen molar-refractivity contribution < 1.29 is 28.1 Å². The topological polar surface area (TPSA) is 114 Å². The van der Waals surface area contributed by atoms with E-state index in [1.165, 1.54) is 38.7 Å². The Labute approximate surface area is 253 Å². The van der Waals surface area contributed by atoms with Crippen LogP contribution in [0.1, 0.15) is 35.9 Å². The average Bonchev–Trinajstić information content (AvgIpc) is 3.02. The van der Waals surface area contributed by atoms with E-state index in [0.717, 1.165) is 6.07 Å². The largest absolute Gasteiger partial charge is 0.497 e. The van der Waals surface area contributed by atoms with E-state index in [1.807, 2.05) is 25.3 Å². The molecule has 0 spiro atoms. The lowest BCUT2D eigenvalue weighted by Gasteiger charge is -2.20. The zero-order valence-corrected chi connectivity index (χ0v) is 25.1. The van der Waals surface area contributed by atoms with Crippen molar-refractivity contribution in [3.8, 4) is 40.0 Å². The van der Waals surface area contributed by atoms with Crippen LogP contribution in [0.15, 0.2) is 71.8 Å². The highest BCUT2D eigenvalue weighted by atomic mass is 19.1. The molecule has 44 heavy (non-hydrogen) atoms. The maximum atomic E-state index is 15.3. The molecule has 1 amide bonds. The zero-order valence-electron chi connectivity index (χ0n) is 25.1. The van der Waals surface area contributed by atoms with Gasteiger partial charge in [0.2, 0.25) is 5.43 Å². The summed E-state index contributed by atoms with van der Waals surface area (Å²) in [5.41, 5.74) is 2.20. The van der Waals surface area contributed by atoms with Gasteiger partial charge < -0.3 is 28.8 Å². The van der Waals surface area contributed by atoms with Crippen LogP contribution in [0.2, 0.25) is 0 Å². The average molecular weight is 599 g/mol. The van der Waals surface area contributed by atoms with Gasteiger partial charge in [0, 0.05) is 53.6 Å². The van der Waals surface area contributed by atoms with E-state index in [9.17, 15) is 9.59 Å². The molecule has 3 heterocycles. The number of pyridine rings is 3. The van der Waals surface area contributed by atoms with E-state index in [2.05, 4.69) is 15.3 Å². The standard InChI is InChI=1S/C33H31FN4O6/c1-18(2)38-17-23(31(39)29(19(38)3)20-7-10-22(41-4)11-8-20)32(40)36-21-9-12-26(24(34)15-21)44-27-13-14-35-25-16-28(42-5)33(43-6)37-30(25)27/h7-18H,1-6H3,(H,36,40). The van der Waals surface area contributed by atoms with Crippen molar-refractivity contribution in [2.45, 2.75) is 26.8 Å². The normalized spacial score (nSPS) is 11.0. The molecule has 0 atom stereocenters. The summed E-state index contributed by atoms with van der Waals surface area (Å²) in [5, 5.41) is 2.65. The molecule has 226 valence electrons. The second-order valence-corrected chi connectivity index (χ2v) is 10.1. The summed E-state index contributed by atoms with van der Waals surface area (Å²) in [4.78, 5) is 35.7. The number of methoxy groups -OCH3 is 3. The molecule has 0 aliphatic rings. The third-order valence-corrected chi connectivity index (χ3v) is 7.10. The first kappa shape index (κ1) is 30.0. The van der Waals surface area contributed by atoms with Gasteiger partial charge in [0.05, 0.1) is 26.8 Å². The van der Waals surface area contributed by atoms with Gasteiger partial charge in [-0.2, -0.15) is 0 Å². The van der Waals surface area contributed by atoms with Crippen LogP contribution in [0.4, 0.5) is 10.1 Å². The van der Waals surface area contributed by atoms with Gasteiger partial charge in [-0.3, -0.25) is 14.6 Å². The number of benzene rings is 2. The van der Waals surface area contributed by atoms with E-state index >= 15 is 4.39 Å². The van der Waals surface area contributed by atoms with Gasteiger partial charge in [0.15, 0.2) is 23.1 Å². The van der Waals surface area contributed by atoms with Crippen LogP contribution < -0.4 is 29.7 Å². The quantitative estimate of drug-likeness (QED) is 0.203. The molecule has 0 saturated heterocycles. The monoisotopic (exact) mass is 598 g/mol. The summed E-state index contributed by atoms with van der Waals surface area (Å²) in [6, 6.07) is 14.2. The molecule has 0 aliphatic heterocycles. The zero-order chi connectivity index (χ0) is 31.5. The van der Waals surface area contributed by atoms with Crippen LogP contribution in [0.5, 0.6) is 28.9 Å². The highest BCUT2D eigenvalue weighted by molar-refractivity contribution is 6.04. The van der Waals surface area contributed by atoms with Crippen molar-refractivity contribution in [1.29, 1.82) is 0 Å². The maximum Gasteiger partial charge on any atom is 0.261 e. The fraction of sp³-hybridized carbons (Fsp3) is 0.212. The third-order valence-electron chi connectivity index (χ3n) is 7.10. The second-order valence-electron chi connectivity index (χ2n) is 10.1. The molecule has 0 saturated carbocycles. The Hall–Kier alpha value is -5.45. The van der Waals surface area contributed by atoms with E-state index < -0.39 is 17.2 Å². The first-order valence-corrected chi connectivity index (χ1v) is 13.7. The van der Waals surface area contributed by atoms with E-state index in [0.29, 0.717) is 39.4 Å². The fourth-order valence-electron chi connectivity index (χ4n) is 4.88. The van der Waals surface area contributed by atoms with E-state index in [1.54, 1.807) is 43.5 Å². The molecule has 10 nitrogen and oxygen atoms in total. The molecule has 0 radical (unpaired) electrons. The van der Waals surface area contributed by atoms with Crippen LogP contribution in [0, 0.1) is 12.7 Å². The molecule has 5 rings (SSSR count). The first-order valence-electron chi connectivity index (χ1n) is 13.7. The van der Waals surface area contributed by atoms with Crippen molar-refractivity contribution in [2.24, 2.45) is 0 Å². The molecule has 11 heteroatoms. The summed E-state index contributed by atoms with van der Waals surface area (Å²) in [6.07, 6.45) is 3.03. The lowest BCUT2D eigenvalue weighted by molar-refractivity contribution is 0.102. The van der Waals surface area contributed by atoms with Crippen LogP contribution >= 0.6 is 0 Å². The van der Waals surface area contributed by atoms with Gasteiger partial charge in [-0.15, -0.1) is 0 Å². The molecule has 2 aromatic carbocycles. The summed E-state index contributed by atoms with van der Waals surface area (Å²) in [7, 11) is 4.50. The highest BCUT2D eigenvalue weighted by Gasteiger charge is 2.21. The SMILES string of the molecule is COc1ccc(-c2c(C)n(C(C)C)cc(C(=O)Nc3ccc(Oc4ccnc5cc(OC)c(OC)nc45)c(F)c3)c2=O)cc1. The molecule has 3 aromatic heterocycles. The number of hydrogen-bond donors (Lipinski definition) is 1. The lowest BCUT2D eigenvalue weighted by atomic mass is 10.00. The fourth-order valence-corrected chi connectivity index (χ4v) is 4.88. The molecule has 5 aromatic rings. The van der Waals surface area contributed by atoms with Gasteiger partial charge in [0.25, 0.3) is 11.8 Å². The summed E-state index contributed by atoms with van der Waals surface area (Å²) < 4.78 is 38.8. The van der Waals surface area contributed by atoms with Gasteiger partial charge in [-0.05, 0) is 50.6 Å². The number of halogens is 1. The van der Waals surface area contributed by atoms with Crippen molar-refractivity contribution in [2.75, 3.05) is 26.6 Å². The minimum absolute atomic E-state index is 0.0344. The molecule has 0 bridgehead atoms. The second kappa shape index (κ2) is 12.4. The number of anilines is 1. The number of ether oxygens (including phenoxy) is 4. The number of nitrogens with zero attached hydrogens (tertiary/aromatic N) is 3. The van der Waals surface area contributed by atoms with Gasteiger partial charge in [0.1, 0.15) is 16.8 Å². The van der Waals surface area contributed by atoms with Crippen molar-refractivity contribution in [3.05, 3.63) is 94.3 Å². The Balaban J connectivity index is 1.44. The molecule has 0 unspecified atom stereocenters. The summed E-state index contributed by atoms with van der Waals surface area (Å²) in [5.74, 6) is -0.0153. The van der Waals surface area contributed by atoms with Crippen molar-refractivity contribution in [3.63, 3.8) is 0 Å². The number of carbonyl (C=O) groups excluding carboxylic acids is 1. The Morgan fingerprint density at radius 3 is 2.32 bits per heavy atom. The predicted octanol–water partition coefficient (Wildman–Crippen LogP) is 6.56. The number of carbonyl (C=O) groups is 1. The Bertz CT molecular complexity index is 1920. The molecule has 0 fully saturated rings. The number of rotatable bonds is 9. The number of nitrogens with one attached hydrogen (secondary N) is 1. The van der Waals surface area contributed by atoms with Crippen molar-refractivity contribution in [1.82, 2.24) is 14.5 Å². The number of amides is 1. The molecule has 1 N–H and O–H groups in total. The number of fused-ring (bicyclic) bond motifs is 1. The maximum absolute atomic E-state index is 15.3. The predicted molar refractivity (Wildman–Crippen MR) is 165 cm³/mol. The van der Waals surface area contributed by atoms with Crippen LogP contribution in [0.25, 0.3) is 22.2 Å². The first-order chi connectivity index (χ1) is 21.1. The van der Waals surface area contributed by atoms with Gasteiger partial charge >= 0.3 is 0 Å². The Morgan fingerprint density at radius 1 is 0.932 bits per heavy atom. The molecular formula is C33H31FN4O6. The van der Waals surface area contributed by atoms with Crippen LogP contribution in [0.3, 0.4) is 0 Å². The van der Waals surface area contributed by atoms with Gasteiger partial charge in [-0.1, -0.05) is 12.1 Å². The molecule has 0 aliphatic carbocycles. The van der Waals surface area contributed by atoms with Crippen molar-refractivity contribution >= 4 is 22.6 Å². The van der Waals surface area contributed by atoms with Crippen LogP contribution in [-0.4, -0.2) is 41.8 Å². The van der Waals surface area contributed by atoms with E-state index in [-0.39, 0.29) is 34.7 Å². The van der Waals surface area contributed by atoms with Gasteiger partial charge in [-0.25, -0.2) is 9.37 Å². The molecular weight excluding hydrogens is 567 g/mol. The summed E-state index contributed by atoms with van der Waals surface area (Å²) in [6.45, 7) is 5.75. The summed E-state index contributed by atoms with van der Waals surface area (Å²) >= 11 is 0.